The normalized spacial score (nSPS) is 13.6. The van der Waals surface area contributed by atoms with Gasteiger partial charge in [0.15, 0.2) is 0 Å². The molecule has 0 aromatic heterocycles. The Balaban J connectivity index is 1.48. The van der Waals surface area contributed by atoms with Gasteiger partial charge in [0, 0.05) is 18.9 Å². The van der Waals surface area contributed by atoms with Crippen LogP contribution in [-0.4, -0.2) is 48.4 Å². The number of hydrogen-bond acceptors (Lipinski definition) is 4. The topological polar surface area (TPSA) is 105 Å². The van der Waals surface area contributed by atoms with E-state index in [-0.39, 0.29) is 19.1 Å². The average Bonchev–Trinajstić information content (AvgIpc) is 3.05. The summed E-state index contributed by atoms with van der Waals surface area (Å²) in [5.74, 6) is -2.88. The molecule has 1 aliphatic rings. The minimum Gasteiger partial charge on any atom is -0.481 e. The van der Waals surface area contributed by atoms with Crippen LogP contribution in [0.3, 0.4) is 0 Å². The molecule has 2 aromatic carbocycles. The molecule has 0 radical (unpaired) electrons. The van der Waals surface area contributed by atoms with Crippen LogP contribution in [0, 0.1) is 0 Å². The van der Waals surface area contributed by atoms with Crippen LogP contribution >= 0.6 is 0 Å². The summed E-state index contributed by atoms with van der Waals surface area (Å²) >= 11 is 0. The number of rotatable bonds is 8. The lowest BCUT2D eigenvalue weighted by Gasteiger charge is -2.20. The maximum Gasteiger partial charge on any atom is 0.409 e. The van der Waals surface area contributed by atoms with Gasteiger partial charge in [0.2, 0.25) is 5.91 Å². The second kappa shape index (κ2) is 9.71. The molecule has 1 atom stereocenters. The van der Waals surface area contributed by atoms with Crippen LogP contribution in [0.25, 0.3) is 11.1 Å². The van der Waals surface area contributed by atoms with E-state index in [1.807, 2.05) is 48.5 Å². The predicted octanol–water partition coefficient (Wildman–Crippen LogP) is 3.44. The summed E-state index contributed by atoms with van der Waals surface area (Å²) < 4.78 is 43.6. The molecule has 10 heteroatoms. The van der Waals surface area contributed by atoms with Gasteiger partial charge in [0.05, 0.1) is 6.42 Å². The van der Waals surface area contributed by atoms with Gasteiger partial charge in [0.25, 0.3) is 0 Å². The van der Waals surface area contributed by atoms with Crippen molar-refractivity contribution >= 4 is 18.0 Å². The smallest absolute Gasteiger partial charge is 0.409 e. The number of alkyl halides is 3. The molecule has 0 aliphatic heterocycles. The predicted molar refractivity (Wildman–Crippen MR) is 108 cm³/mol. The summed E-state index contributed by atoms with van der Waals surface area (Å²) in [6.45, 7) is -0.207. The zero-order valence-corrected chi connectivity index (χ0v) is 16.8. The quantitative estimate of drug-likeness (QED) is 0.572. The van der Waals surface area contributed by atoms with E-state index in [0.717, 1.165) is 22.3 Å². The summed E-state index contributed by atoms with van der Waals surface area (Å²) in [7, 11) is 0. The van der Waals surface area contributed by atoms with Crippen molar-refractivity contribution in [2.45, 2.75) is 31.0 Å². The number of amides is 2. The molecule has 2 aromatic rings. The second-order valence-corrected chi connectivity index (χ2v) is 7.26. The van der Waals surface area contributed by atoms with Gasteiger partial charge in [-0.3, -0.25) is 9.59 Å². The van der Waals surface area contributed by atoms with Gasteiger partial charge in [-0.25, -0.2) is 4.79 Å². The lowest BCUT2D eigenvalue weighted by molar-refractivity contribution is -0.170. The van der Waals surface area contributed by atoms with Gasteiger partial charge in [-0.1, -0.05) is 48.5 Å². The van der Waals surface area contributed by atoms with E-state index >= 15 is 0 Å². The maximum absolute atomic E-state index is 12.8. The Labute approximate surface area is 181 Å². The molecule has 32 heavy (non-hydrogen) atoms. The van der Waals surface area contributed by atoms with Crippen molar-refractivity contribution in [3.05, 3.63) is 59.7 Å². The Bertz CT molecular complexity index is 964. The van der Waals surface area contributed by atoms with E-state index < -0.39 is 43.0 Å². The number of carboxylic acids is 1. The van der Waals surface area contributed by atoms with Crippen molar-refractivity contribution in [2.75, 3.05) is 13.2 Å². The van der Waals surface area contributed by atoms with Crippen molar-refractivity contribution in [1.82, 2.24) is 10.6 Å². The van der Waals surface area contributed by atoms with Gasteiger partial charge in [-0.05, 0) is 22.3 Å². The first-order chi connectivity index (χ1) is 15.2. The number of aliphatic carboxylic acids is 1. The Morgan fingerprint density at radius 2 is 1.56 bits per heavy atom. The first-order valence-corrected chi connectivity index (χ1v) is 9.83. The monoisotopic (exact) mass is 450 g/mol. The SMILES string of the molecule is O=C(O)CC(NC(=O)CCNC(=O)OCC1c2ccccc2-c2ccccc21)C(F)(F)F. The third kappa shape index (κ3) is 5.57. The molecule has 0 spiro atoms. The van der Waals surface area contributed by atoms with Crippen LogP contribution in [0.1, 0.15) is 29.9 Å². The minimum absolute atomic E-state index is 0.0564. The number of halogens is 3. The average molecular weight is 450 g/mol. The van der Waals surface area contributed by atoms with Crippen molar-refractivity contribution in [2.24, 2.45) is 0 Å². The molecule has 0 saturated heterocycles. The Hall–Kier alpha value is -3.56. The highest BCUT2D eigenvalue weighted by Crippen LogP contribution is 2.44. The maximum atomic E-state index is 12.8. The third-order valence-electron chi connectivity index (χ3n) is 5.07. The van der Waals surface area contributed by atoms with Gasteiger partial charge in [-0.2, -0.15) is 13.2 Å². The molecule has 7 nitrogen and oxygen atoms in total. The molecule has 0 bridgehead atoms. The van der Waals surface area contributed by atoms with Crippen LogP contribution in [0.4, 0.5) is 18.0 Å². The zero-order chi connectivity index (χ0) is 23.3. The molecular formula is C22H21F3N2O5. The number of benzene rings is 2. The standard InChI is InChI=1S/C22H21F3N2O5/c23-22(24,25)18(11-20(29)30)27-19(28)9-10-26-21(31)32-12-17-15-7-3-1-5-13(15)14-6-2-4-8-16(14)17/h1-8,17-18H,9-12H2,(H,26,31)(H,27,28)(H,29,30). The Morgan fingerprint density at radius 3 is 2.09 bits per heavy atom. The van der Waals surface area contributed by atoms with Crippen molar-refractivity contribution < 1.29 is 37.4 Å². The number of alkyl carbamates (subject to hydrolysis) is 1. The van der Waals surface area contributed by atoms with Crippen LogP contribution in [-0.2, 0) is 14.3 Å². The Kier molecular flexibility index (Phi) is 7.01. The largest absolute Gasteiger partial charge is 0.481 e. The fraction of sp³-hybridized carbons (Fsp3) is 0.318. The van der Waals surface area contributed by atoms with Crippen molar-refractivity contribution in [3.63, 3.8) is 0 Å². The number of nitrogens with one attached hydrogen (secondary N) is 2. The highest BCUT2D eigenvalue weighted by Gasteiger charge is 2.41. The van der Waals surface area contributed by atoms with Gasteiger partial charge in [0.1, 0.15) is 12.6 Å². The molecular weight excluding hydrogens is 429 g/mol. The zero-order valence-electron chi connectivity index (χ0n) is 16.8. The van der Waals surface area contributed by atoms with E-state index in [9.17, 15) is 27.6 Å². The van der Waals surface area contributed by atoms with E-state index in [2.05, 4.69) is 5.32 Å². The number of carboxylic acid groups (broad SMARTS) is 1. The molecule has 1 aliphatic carbocycles. The summed E-state index contributed by atoms with van der Waals surface area (Å²) in [6, 6.07) is 13.1. The molecule has 0 heterocycles. The summed E-state index contributed by atoms with van der Waals surface area (Å²) in [5.41, 5.74) is 4.18. The highest BCUT2D eigenvalue weighted by atomic mass is 19.4. The van der Waals surface area contributed by atoms with Crippen LogP contribution in [0.15, 0.2) is 48.5 Å². The minimum atomic E-state index is -4.89. The number of hydrogen-bond donors (Lipinski definition) is 3. The Morgan fingerprint density at radius 1 is 1.00 bits per heavy atom. The van der Waals surface area contributed by atoms with Crippen LogP contribution < -0.4 is 10.6 Å². The lowest BCUT2D eigenvalue weighted by atomic mass is 9.98. The van der Waals surface area contributed by atoms with Crippen LogP contribution in [0.5, 0.6) is 0 Å². The van der Waals surface area contributed by atoms with Crippen molar-refractivity contribution in [1.29, 1.82) is 0 Å². The van der Waals surface area contributed by atoms with Gasteiger partial charge in [-0.15, -0.1) is 0 Å². The molecule has 1 unspecified atom stereocenters. The number of carbonyl (C=O) groups excluding carboxylic acids is 2. The van der Waals surface area contributed by atoms with E-state index in [4.69, 9.17) is 9.84 Å². The lowest BCUT2D eigenvalue weighted by Crippen LogP contribution is -2.47. The molecule has 170 valence electrons. The number of carbonyl (C=O) groups is 3. The molecule has 0 saturated carbocycles. The molecule has 3 N–H and O–H groups in total. The highest BCUT2D eigenvalue weighted by molar-refractivity contribution is 5.80. The van der Waals surface area contributed by atoms with Gasteiger partial charge < -0.3 is 20.5 Å². The number of fused-ring (bicyclic) bond motifs is 3. The summed E-state index contributed by atoms with van der Waals surface area (Å²) in [6.07, 6.45) is -7.45. The summed E-state index contributed by atoms with van der Waals surface area (Å²) in [5, 5.41) is 12.5. The van der Waals surface area contributed by atoms with Gasteiger partial charge >= 0.3 is 18.2 Å². The second-order valence-electron chi connectivity index (χ2n) is 7.26. The number of ether oxygens (including phenoxy) is 1. The van der Waals surface area contributed by atoms with E-state index in [1.54, 1.807) is 5.32 Å². The molecule has 3 rings (SSSR count). The first-order valence-electron chi connectivity index (χ1n) is 9.83. The third-order valence-corrected chi connectivity index (χ3v) is 5.07. The van der Waals surface area contributed by atoms with Crippen molar-refractivity contribution in [3.8, 4) is 11.1 Å². The fourth-order valence-electron chi connectivity index (χ4n) is 3.62. The first kappa shape index (κ1) is 23.1. The van der Waals surface area contributed by atoms with E-state index in [0.29, 0.717) is 0 Å². The fourth-order valence-corrected chi connectivity index (χ4v) is 3.62. The molecule has 2 amide bonds. The molecule has 0 fully saturated rings. The summed E-state index contributed by atoms with van der Waals surface area (Å²) in [4.78, 5) is 34.3. The van der Waals surface area contributed by atoms with E-state index in [1.165, 1.54) is 0 Å². The van der Waals surface area contributed by atoms with Crippen LogP contribution in [0.2, 0.25) is 0 Å².